The zero-order valence-corrected chi connectivity index (χ0v) is 12.1. The molecule has 81 valence electrons. The van der Waals surface area contributed by atoms with E-state index in [4.69, 9.17) is 0 Å². The molecule has 1 aliphatic carbocycles. The minimum absolute atomic E-state index is 0. The van der Waals surface area contributed by atoms with Crippen molar-refractivity contribution in [3.63, 3.8) is 0 Å². The van der Waals surface area contributed by atoms with E-state index < -0.39 is 0 Å². The summed E-state index contributed by atoms with van der Waals surface area (Å²) >= 11 is 2.78. The Labute approximate surface area is 115 Å². The van der Waals surface area contributed by atoms with Gasteiger partial charge in [-0.05, 0) is 0 Å². The summed E-state index contributed by atoms with van der Waals surface area (Å²) in [5.41, 5.74) is 1.40. The van der Waals surface area contributed by atoms with Crippen LogP contribution in [0.15, 0.2) is 23.8 Å². The molecule has 1 unspecified atom stereocenters. The number of halogens is 3. The first kappa shape index (κ1) is 20.4. The quantitative estimate of drug-likeness (QED) is 0.487. The fraction of sp³-hybridized carbons (Fsp3) is 0.600. The summed E-state index contributed by atoms with van der Waals surface area (Å²) in [5.74, 6) is 0. The maximum Gasteiger partial charge on any atom is -1.00 e. The van der Waals surface area contributed by atoms with E-state index in [2.05, 4.69) is 49.5 Å². The van der Waals surface area contributed by atoms with Gasteiger partial charge in [-0.3, -0.25) is 0 Å². The van der Waals surface area contributed by atoms with Crippen LogP contribution in [0.1, 0.15) is 33.1 Å². The number of unbranched alkanes of at least 4 members (excludes halogenated alkanes) is 1. The van der Waals surface area contributed by atoms with Gasteiger partial charge in [-0.1, -0.05) is 0 Å². The minimum Gasteiger partial charge on any atom is -1.00 e. The molecule has 0 aromatic rings. The Kier molecular flexibility index (Phi) is 13.4. The molecule has 0 aromatic heterocycles. The van der Waals surface area contributed by atoms with Crippen LogP contribution in [-0.4, -0.2) is 0 Å². The van der Waals surface area contributed by atoms with E-state index in [1.54, 1.807) is 0 Å². The Morgan fingerprint density at radius 2 is 1.86 bits per heavy atom. The molecule has 0 heterocycles. The van der Waals surface area contributed by atoms with E-state index in [1.165, 1.54) is 24.8 Å². The van der Waals surface area contributed by atoms with Gasteiger partial charge in [0.2, 0.25) is 0 Å². The SMILES string of the molecule is CCCC[C]1([V+3])C=CC(C)=C1.[Cl-].[Cl-].[Cl-]. The summed E-state index contributed by atoms with van der Waals surface area (Å²) < 4.78 is 0.313. The zero-order chi connectivity index (χ0) is 8.32. The van der Waals surface area contributed by atoms with E-state index in [9.17, 15) is 0 Å². The van der Waals surface area contributed by atoms with Crippen molar-refractivity contribution < 1.29 is 54.6 Å². The molecule has 0 aliphatic heterocycles. The molecule has 0 saturated carbocycles. The molecule has 1 rings (SSSR count). The first-order valence-corrected chi connectivity index (χ1v) is 4.97. The first-order chi connectivity index (χ1) is 5.16. The molecule has 0 spiro atoms. The summed E-state index contributed by atoms with van der Waals surface area (Å²) in [6.07, 6.45) is 10.8. The molecule has 0 radical (unpaired) electrons. The van der Waals surface area contributed by atoms with Crippen LogP contribution >= 0.6 is 0 Å². The van der Waals surface area contributed by atoms with Crippen LogP contribution in [0.4, 0.5) is 0 Å². The van der Waals surface area contributed by atoms with Crippen molar-refractivity contribution in [1.82, 2.24) is 0 Å². The molecule has 0 saturated heterocycles. The van der Waals surface area contributed by atoms with Gasteiger partial charge >= 0.3 is 78.5 Å². The normalized spacial score (nSPS) is 23.0. The second kappa shape index (κ2) is 9.18. The van der Waals surface area contributed by atoms with Crippen molar-refractivity contribution in [3.05, 3.63) is 23.8 Å². The smallest absolute Gasteiger partial charge is 1.00 e. The monoisotopic (exact) mass is 291 g/mol. The molecule has 0 fully saturated rings. The average Bonchev–Trinajstić information content (AvgIpc) is 2.28. The number of allylic oxidation sites excluding steroid dienone is 4. The number of rotatable bonds is 3. The van der Waals surface area contributed by atoms with Gasteiger partial charge in [0.1, 0.15) is 0 Å². The van der Waals surface area contributed by atoms with Crippen LogP contribution in [-0.2, 0) is 17.4 Å². The molecule has 14 heavy (non-hydrogen) atoms. The van der Waals surface area contributed by atoms with Crippen molar-refractivity contribution >= 4 is 0 Å². The second-order valence-corrected chi connectivity index (χ2v) is 4.62. The Morgan fingerprint density at radius 1 is 1.29 bits per heavy atom. The largest absolute Gasteiger partial charge is 1.00 e. The van der Waals surface area contributed by atoms with Gasteiger partial charge in [0.05, 0.1) is 0 Å². The van der Waals surface area contributed by atoms with Gasteiger partial charge in [0.25, 0.3) is 0 Å². The molecular formula is C10H15Cl3V. The fourth-order valence-electron chi connectivity index (χ4n) is 1.38. The molecule has 1 aliphatic rings. The third-order valence-corrected chi connectivity index (χ3v) is 2.83. The van der Waals surface area contributed by atoms with Crippen molar-refractivity contribution in [2.45, 2.75) is 37.2 Å². The molecule has 0 aromatic carbocycles. The predicted molar refractivity (Wildman–Crippen MR) is 45.1 cm³/mol. The number of hydrogen-bond acceptors (Lipinski definition) is 0. The molecule has 0 N–H and O–H groups in total. The van der Waals surface area contributed by atoms with E-state index in [0.29, 0.717) is 4.13 Å². The summed E-state index contributed by atoms with van der Waals surface area (Å²) in [6, 6.07) is 0. The Bertz CT molecular complexity index is 202. The van der Waals surface area contributed by atoms with Crippen LogP contribution in [0.2, 0.25) is 4.13 Å². The molecule has 4 heteroatoms. The van der Waals surface area contributed by atoms with Gasteiger partial charge in [-0.15, -0.1) is 0 Å². The summed E-state index contributed by atoms with van der Waals surface area (Å²) in [5, 5.41) is 0. The van der Waals surface area contributed by atoms with E-state index in [-0.39, 0.29) is 37.2 Å². The molecule has 0 amide bonds. The van der Waals surface area contributed by atoms with Gasteiger partial charge in [0, 0.05) is 0 Å². The molecule has 0 bridgehead atoms. The predicted octanol–water partition coefficient (Wildman–Crippen LogP) is -5.59. The number of hydrogen-bond donors (Lipinski definition) is 0. The Morgan fingerprint density at radius 3 is 2.21 bits per heavy atom. The van der Waals surface area contributed by atoms with Gasteiger partial charge in [0.15, 0.2) is 0 Å². The van der Waals surface area contributed by atoms with Gasteiger partial charge < -0.3 is 37.2 Å². The zero-order valence-electron chi connectivity index (χ0n) is 8.43. The van der Waals surface area contributed by atoms with Crippen LogP contribution < -0.4 is 37.2 Å². The van der Waals surface area contributed by atoms with Crippen molar-refractivity contribution in [2.24, 2.45) is 0 Å². The molecule has 1 atom stereocenters. The standard InChI is InChI=1S/C10H15.3ClH.V/c1-3-4-5-10-7-6-9(2)8-10;;;;/h6-8H,3-5H2,1-2H3;3*1H;/q;;;;+3/p-3. The Hall–Kier alpha value is 0.934. The third-order valence-electron chi connectivity index (χ3n) is 2.04. The summed E-state index contributed by atoms with van der Waals surface area (Å²) in [6.45, 7) is 4.41. The molecular weight excluding hydrogens is 277 g/mol. The average molecular weight is 293 g/mol. The van der Waals surface area contributed by atoms with Crippen LogP contribution in [0.25, 0.3) is 0 Å². The van der Waals surface area contributed by atoms with Crippen LogP contribution in [0.3, 0.4) is 0 Å². The summed E-state index contributed by atoms with van der Waals surface area (Å²) in [7, 11) is 0. The second-order valence-electron chi connectivity index (χ2n) is 3.32. The van der Waals surface area contributed by atoms with Crippen LogP contribution in [0, 0.1) is 0 Å². The maximum absolute atomic E-state index is 2.78. The van der Waals surface area contributed by atoms with Crippen molar-refractivity contribution in [1.29, 1.82) is 0 Å². The fourth-order valence-corrected chi connectivity index (χ4v) is 2.06. The van der Waals surface area contributed by atoms with Crippen molar-refractivity contribution in [3.8, 4) is 0 Å². The Balaban J connectivity index is -0.000000403. The van der Waals surface area contributed by atoms with Crippen LogP contribution in [0.5, 0.6) is 0 Å². The van der Waals surface area contributed by atoms with E-state index in [0.717, 1.165) is 0 Å². The molecule has 0 nitrogen and oxygen atoms in total. The summed E-state index contributed by atoms with van der Waals surface area (Å²) in [4.78, 5) is 0. The van der Waals surface area contributed by atoms with Gasteiger partial charge in [-0.25, -0.2) is 0 Å². The van der Waals surface area contributed by atoms with E-state index >= 15 is 0 Å². The van der Waals surface area contributed by atoms with E-state index in [1.807, 2.05) is 0 Å². The third kappa shape index (κ3) is 6.42. The maximum atomic E-state index is 2.78. The minimum atomic E-state index is 0. The van der Waals surface area contributed by atoms with Crippen molar-refractivity contribution in [2.75, 3.05) is 0 Å². The van der Waals surface area contributed by atoms with Gasteiger partial charge in [-0.2, -0.15) is 0 Å². The topological polar surface area (TPSA) is 0 Å². The first-order valence-electron chi connectivity index (χ1n) is 4.27.